The molecule has 0 bridgehead atoms. The van der Waals surface area contributed by atoms with Gasteiger partial charge < -0.3 is 33.8 Å². The molecule has 0 aliphatic carbocycles. The lowest BCUT2D eigenvalue weighted by Crippen LogP contribution is -2.54. The number of carbonyl (C=O) groups is 6. The molecule has 0 radical (unpaired) electrons. The molecule has 1 aliphatic heterocycles. The molecule has 57 heavy (non-hydrogen) atoms. The fourth-order valence-corrected chi connectivity index (χ4v) is 6.38. The highest BCUT2D eigenvalue weighted by Crippen LogP contribution is 2.28. The Hall–Kier alpha value is -4.94. The van der Waals surface area contributed by atoms with Crippen molar-refractivity contribution in [3.8, 4) is 0 Å². The second-order valence-electron chi connectivity index (χ2n) is 17.9. The summed E-state index contributed by atoms with van der Waals surface area (Å²) < 4.78 is 16.9. The summed E-state index contributed by atoms with van der Waals surface area (Å²) in [5, 5.41) is 0. The molecule has 2 atom stereocenters. The molecule has 4 amide bonds. The van der Waals surface area contributed by atoms with E-state index in [0.29, 0.717) is 63.0 Å². The molecule has 1 fully saturated rings. The van der Waals surface area contributed by atoms with E-state index in [9.17, 15) is 28.8 Å². The third kappa shape index (κ3) is 15.8. The number of hydrogen-bond donors (Lipinski definition) is 0. The first kappa shape index (κ1) is 46.4. The zero-order valence-corrected chi connectivity index (χ0v) is 35.9. The predicted molar refractivity (Wildman–Crippen MR) is 220 cm³/mol. The van der Waals surface area contributed by atoms with E-state index in [1.54, 1.807) is 38.4 Å². The van der Waals surface area contributed by atoms with Crippen LogP contribution < -0.4 is 9.80 Å². The first-order valence-electron chi connectivity index (χ1n) is 19.8. The molecule has 13 nitrogen and oxygen atoms in total. The fourth-order valence-electron chi connectivity index (χ4n) is 6.38. The van der Waals surface area contributed by atoms with E-state index in [1.807, 2.05) is 86.6 Å². The second-order valence-corrected chi connectivity index (χ2v) is 17.9. The lowest BCUT2D eigenvalue weighted by Gasteiger charge is -2.34. The highest BCUT2D eigenvalue weighted by molar-refractivity contribution is 6.12. The maximum atomic E-state index is 13.7. The van der Waals surface area contributed by atoms with Gasteiger partial charge in [-0.05, 0) is 136 Å². The van der Waals surface area contributed by atoms with Crippen LogP contribution in [0.2, 0.25) is 0 Å². The van der Waals surface area contributed by atoms with E-state index < -0.39 is 34.7 Å². The fraction of sp³-hybridized carbons (Fsp3) is 0.591. The molecule has 2 unspecified atom stereocenters. The van der Waals surface area contributed by atoms with Gasteiger partial charge in [-0.2, -0.15) is 0 Å². The van der Waals surface area contributed by atoms with E-state index in [2.05, 4.69) is 0 Å². The molecular weight excluding hydrogens is 729 g/mol. The van der Waals surface area contributed by atoms with E-state index in [-0.39, 0.29) is 36.8 Å². The van der Waals surface area contributed by atoms with Gasteiger partial charge >= 0.3 is 18.0 Å². The van der Waals surface area contributed by atoms with Crippen LogP contribution in [0.15, 0.2) is 48.5 Å². The smallest absolute Gasteiger partial charge is 0.410 e. The Morgan fingerprint density at radius 2 is 1.07 bits per heavy atom. The average Bonchev–Trinajstić information content (AvgIpc) is 3.09. The molecule has 0 saturated carbocycles. The van der Waals surface area contributed by atoms with Gasteiger partial charge in [0.25, 0.3) is 0 Å². The van der Waals surface area contributed by atoms with E-state index in [0.717, 1.165) is 17.5 Å². The number of esters is 2. The van der Waals surface area contributed by atoms with Crippen LogP contribution in [0, 0.1) is 11.8 Å². The van der Waals surface area contributed by atoms with Crippen molar-refractivity contribution in [1.29, 1.82) is 0 Å². The highest BCUT2D eigenvalue weighted by atomic mass is 16.6. The molecule has 1 saturated heterocycles. The Balaban J connectivity index is 1.74. The quantitative estimate of drug-likeness (QED) is 0.0986. The van der Waals surface area contributed by atoms with Crippen molar-refractivity contribution >= 4 is 47.6 Å². The Morgan fingerprint density at radius 1 is 0.667 bits per heavy atom. The number of benzene rings is 2. The third-order valence-corrected chi connectivity index (χ3v) is 9.07. The van der Waals surface area contributed by atoms with Crippen molar-refractivity contribution in [2.45, 2.75) is 118 Å². The average molecular weight is 793 g/mol. The summed E-state index contributed by atoms with van der Waals surface area (Å²) in [6.45, 7) is 16.9. The summed E-state index contributed by atoms with van der Waals surface area (Å²) in [5.74, 6) is -2.18. The molecule has 1 heterocycles. The number of rotatable bonds is 17. The predicted octanol–water partition coefficient (Wildman–Crippen LogP) is 6.58. The standard InChI is InChI=1S/C44H64N4O9/c1-42(2,3)55-39(52)33(18-14-22-45(10)30-49)24-31-16-12-20-35(26-31)47-28-38(51)48(29-37(47)50)36-21-13-17-32(27-36)25-34(40(53)56-43(4,5)6)19-15-23-46(11)41(54)57-44(7,8)9/h12-13,16-17,20-21,26-27,30,33-34H,14-15,18-19,22-25,28-29H2,1-11H3. The molecular formula is C44H64N4O9. The summed E-state index contributed by atoms with van der Waals surface area (Å²) in [7, 11) is 3.35. The molecule has 2 aromatic rings. The molecule has 13 heteroatoms. The largest absolute Gasteiger partial charge is 0.460 e. The highest BCUT2D eigenvalue weighted by Gasteiger charge is 2.33. The van der Waals surface area contributed by atoms with E-state index in [1.165, 1.54) is 19.6 Å². The van der Waals surface area contributed by atoms with Crippen LogP contribution in [0.25, 0.3) is 0 Å². The van der Waals surface area contributed by atoms with Crippen molar-refractivity contribution in [3.63, 3.8) is 0 Å². The van der Waals surface area contributed by atoms with E-state index >= 15 is 0 Å². The van der Waals surface area contributed by atoms with Crippen molar-refractivity contribution in [2.75, 3.05) is 50.1 Å². The van der Waals surface area contributed by atoms with Gasteiger partial charge in [-0.15, -0.1) is 0 Å². The van der Waals surface area contributed by atoms with Crippen LogP contribution >= 0.6 is 0 Å². The summed E-state index contributed by atoms with van der Waals surface area (Å²) in [5.41, 5.74) is 0.753. The summed E-state index contributed by atoms with van der Waals surface area (Å²) >= 11 is 0. The molecule has 0 spiro atoms. The molecule has 314 valence electrons. The SMILES string of the molecule is CN(C=O)CCCC(Cc1cccc(N2CC(=O)N(c3cccc(CC(CCCN(C)C(=O)OC(C)(C)C)C(=O)OC(C)(C)C)c3)CC2=O)c1)C(=O)OC(C)(C)C. The maximum Gasteiger partial charge on any atom is 0.410 e. The minimum absolute atomic E-state index is 0.175. The van der Waals surface area contributed by atoms with Crippen LogP contribution in [0.1, 0.15) is 99.1 Å². The van der Waals surface area contributed by atoms with Crippen molar-refractivity contribution in [2.24, 2.45) is 11.8 Å². The maximum absolute atomic E-state index is 13.7. The Bertz CT molecular complexity index is 1720. The van der Waals surface area contributed by atoms with Gasteiger partial charge in [-0.1, -0.05) is 24.3 Å². The third-order valence-electron chi connectivity index (χ3n) is 9.07. The Labute approximate surface area is 339 Å². The van der Waals surface area contributed by atoms with Gasteiger partial charge in [0.1, 0.15) is 29.9 Å². The van der Waals surface area contributed by atoms with E-state index in [4.69, 9.17) is 14.2 Å². The number of ether oxygens (including phenoxy) is 3. The Kier molecular flexibility index (Phi) is 16.3. The normalized spacial score (nSPS) is 14.8. The van der Waals surface area contributed by atoms with Gasteiger partial charge in [0, 0.05) is 38.6 Å². The first-order chi connectivity index (χ1) is 26.4. The van der Waals surface area contributed by atoms with Crippen LogP contribution in [0.5, 0.6) is 0 Å². The van der Waals surface area contributed by atoms with Crippen molar-refractivity contribution < 1.29 is 43.0 Å². The molecule has 0 aromatic heterocycles. The molecule has 3 rings (SSSR count). The molecule has 2 aromatic carbocycles. The number of nitrogens with zero attached hydrogens (tertiary/aromatic N) is 4. The van der Waals surface area contributed by atoms with Crippen LogP contribution in [-0.2, 0) is 51.0 Å². The zero-order chi connectivity index (χ0) is 42.7. The second kappa shape index (κ2) is 20.0. The molecule has 1 aliphatic rings. The lowest BCUT2D eigenvalue weighted by molar-refractivity contribution is -0.161. The van der Waals surface area contributed by atoms with Crippen LogP contribution in [-0.4, -0.2) is 103 Å². The Morgan fingerprint density at radius 3 is 1.46 bits per heavy atom. The topological polar surface area (TPSA) is 143 Å². The summed E-state index contributed by atoms with van der Waals surface area (Å²) in [4.78, 5) is 83.4. The number of hydrogen-bond acceptors (Lipinski definition) is 9. The summed E-state index contributed by atoms with van der Waals surface area (Å²) in [6, 6.07) is 14.6. The minimum atomic E-state index is -0.689. The van der Waals surface area contributed by atoms with Crippen molar-refractivity contribution in [3.05, 3.63) is 59.7 Å². The van der Waals surface area contributed by atoms with Crippen LogP contribution in [0.3, 0.4) is 0 Å². The summed E-state index contributed by atoms with van der Waals surface area (Å²) in [6.07, 6.45) is 3.14. The van der Waals surface area contributed by atoms with Gasteiger partial charge in [-0.25, -0.2) is 4.79 Å². The van der Waals surface area contributed by atoms with Gasteiger partial charge in [0.15, 0.2) is 0 Å². The zero-order valence-electron chi connectivity index (χ0n) is 35.9. The number of anilines is 2. The van der Waals surface area contributed by atoms with Gasteiger partial charge in [0.05, 0.1) is 11.8 Å². The van der Waals surface area contributed by atoms with Gasteiger partial charge in [0.2, 0.25) is 18.2 Å². The van der Waals surface area contributed by atoms with Crippen molar-refractivity contribution in [1.82, 2.24) is 9.80 Å². The number of amides is 4. The van der Waals surface area contributed by atoms with Crippen LogP contribution in [0.4, 0.5) is 16.2 Å². The minimum Gasteiger partial charge on any atom is -0.460 e. The monoisotopic (exact) mass is 792 g/mol. The number of carbonyl (C=O) groups excluding carboxylic acids is 6. The molecule has 0 N–H and O–H groups in total. The van der Waals surface area contributed by atoms with Gasteiger partial charge in [-0.3, -0.25) is 24.0 Å². The number of piperazine rings is 1. The first-order valence-corrected chi connectivity index (χ1v) is 19.8. The lowest BCUT2D eigenvalue weighted by atomic mass is 9.93.